The first-order chi connectivity index (χ1) is 5.89. The summed E-state index contributed by atoms with van der Waals surface area (Å²) in [5.74, 6) is 0. The fourth-order valence-electron chi connectivity index (χ4n) is 0.941. The minimum atomic E-state index is -0.491. The summed E-state index contributed by atoms with van der Waals surface area (Å²) in [6.45, 7) is 10.5. The second-order valence-corrected chi connectivity index (χ2v) is 3.94. The molecule has 0 spiro atoms. The highest BCUT2D eigenvalue weighted by atomic mass is 16.3. The van der Waals surface area contributed by atoms with Crippen LogP contribution in [0.25, 0.3) is 0 Å². The van der Waals surface area contributed by atoms with Gasteiger partial charge in [-0.2, -0.15) is 0 Å². The lowest BCUT2D eigenvalue weighted by atomic mass is 9.93. The first kappa shape index (κ1) is 15.4. The molecular formula is C10H25NO2. The lowest BCUT2D eigenvalue weighted by Gasteiger charge is -2.33. The van der Waals surface area contributed by atoms with Crippen LogP contribution in [-0.4, -0.2) is 41.5 Å². The average Bonchev–Trinajstić information content (AvgIpc) is 2.05. The third-order valence-corrected chi connectivity index (χ3v) is 1.64. The van der Waals surface area contributed by atoms with Crippen molar-refractivity contribution in [2.24, 2.45) is 5.41 Å². The Morgan fingerprint density at radius 1 is 1.23 bits per heavy atom. The molecule has 0 aromatic rings. The van der Waals surface area contributed by atoms with Crippen molar-refractivity contribution in [1.29, 1.82) is 0 Å². The minimum absolute atomic E-state index is 0.0869. The highest BCUT2D eigenvalue weighted by molar-refractivity contribution is 4.71. The lowest BCUT2D eigenvalue weighted by Crippen LogP contribution is -2.42. The molecule has 0 saturated carbocycles. The van der Waals surface area contributed by atoms with E-state index in [2.05, 4.69) is 0 Å². The van der Waals surface area contributed by atoms with E-state index in [0.717, 1.165) is 0 Å². The van der Waals surface area contributed by atoms with Gasteiger partial charge in [0.25, 0.3) is 0 Å². The summed E-state index contributed by atoms with van der Waals surface area (Å²) in [4.78, 5) is 1.74. The van der Waals surface area contributed by atoms with Gasteiger partial charge in [0.2, 0.25) is 0 Å². The Hall–Kier alpha value is -0.120. The summed E-state index contributed by atoms with van der Waals surface area (Å²) in [6, 6.07) is 0. The normalized spacial score (nSPS) is 13.6. The zero-order valence-corrected chi connectivity index (χ0v) is 9.83. The van der Waals surface area contributed by atoms with Crippen molar-refractivity contribution < 1.29 is 10.2 Å². The SMILES string of the molecule is CC.CN(CCO)C(O)C(C)(C)C. The number of hydrogen-bond acceptors (Lipinski definition) is 3. The number of hydrogen-bond donors (Lipinski definition) is 2. The molecule has 0 aromatic heterocycles. The quantitative estimate of drug-likeness (QED) is 0.661. The van der Waals surface area contributed by atoms with Crippen LogP contribution in [0.5, 0.6) is 0 Å². The van der Waals surface area contributed by atoms with Crippen molar-refractivity contribution in [3.05, 3.63) is 0 Å². The van der Waals surface area contributed by atoms with E-state index in [4.69, 9.17) is 5.11 Å². The standard InChI is InChI=1S/C8H19NO2.C2H6/c1-8(2,3)7(11)9(4)5-6-10;1-2/h7,10-11H,5-6H2,1-4H3;1-2H3. The summed E-state index contributed by atoms with van der Waals surface area (Å²) in [5, 5.41) is 18.2. The first-order valence-corrected chi connectivity index (χ1v) is 4.88. The number of nitrogens with zero attached hydrogens (tertiary/aromatic N) is 1. The zero-order chi connectivity index (χ0) is 11.1. The van der Waals surface area contributed by atoms with Crippen LogP contribution in [0.2, 0.25) is 0 Å². The van der Waals surface area contributed by atoms with E-state index in [-0.39, 0.29) is 12.0 Å². The van der Waals surface area contributed by atoms with Crippen LogP contribution in [0.1, 0.15) is 34.6 Å². The molecule has 0 aliphatic heterocycles. The molecule has 0 bridgehead atoms. The molecule has 0 rings (SSSR count). The van der Waals surface area contributed by atoms with E-state index in [0.29, 0.717) is 6.54 Å². The van der Waals surface area contributed by atoms with Gasteiger partial charge in [0.05, 0.1) is 6.61 Å². The molecule has 3 heteroatoms. The van der Waals surface area contributed by atoms with Crippen LogP contribution in [0, 0.1) is 5.41 Å². The van der Waals surface area contributed by atoms with E-state index in [1.54, 1.807) is 11.9 Å². The predicted octanol–water partition coefficient (Wildman–Crippen LogP) is 1.30. The van der Waals surface area contributed by atoms with Crippen LogP contribution >= 0.6 is 0 Å². The molecule has 1 atom stereocenters. The van der Waals surface area contributed by atoms with Crippen LogP contribution in [-0.2, 0) is 0 Å². The predicted molar refractivity (Wildman–Crippen MR) is 56.5 cm³/mol. The second-order valence-electron chi connectivity index (χ2n) is 3.94. The highest BCUT2D eigenvalue weighted by Crippen LogP contribution is 2.20. The molecule has 13 heavy (non-hydrogen) atoms. The van der Waals surface area contributed by atoms with E-state index >= 15 is 0 Å². The molecule has 0 aromatic carbocycles. The number of likely N-dealkylation sites (N-methyl/N-ethyl adjacent to an activating group) is 1. The van der Waals surface area contributed by atoms with Crippen molar-refractivity contribution >= 4 is 0 Å². The monoisotopic (exact) mass is 191 g/mol. The van der Waals surface area contributed by atoms with Gasteiger partial charge < -0.3 is 10.2 Å². The molecule has 0 saturated heterocycles. The highest BCUT2D eigenvalue weighted by Gasteiger charge is 2.25. The smallest absolute Gasteiger partial charge is 0.112 e. The van der Waals surface area contributed by atoms with Crippen molar-refractivity contribution in [1.82, 2.24) is 4.90 Å². The summed E-state index contributed by atoms with van der Waals surface area (Å²) in [7, 11) is 1.80. The van der Waals surface area contributed by atoms with Gasteiger partial charge in [0, 0.05) is 12.0 Å². The Morgan fingerprint density at radius 3 is 1.85 bits per heavy atom. The van der Waals surface area contributed by atoms with E-state index in [1.807, 2.05) is 34.6 Å². The molecule has 0 heterocycles. The third kappa shape index (κ3) is 6.99. The molecule has 3 nitrogen and oxygen atoms in total. The van der Waals surface area contributed by atoms with E-state index in [9.17, 15) is 5.11 Å². The Kier molecular flexibility index (Phi) is 8.62. The second kappa shape index (κ2) is 7.30. The number of aliphatic hydroxyl groups excluding tert-OH is 2. The topological polar surface area (TPSA) is 43.7 Å². The fourth-order valence-corrected chi connectivity index (χ4v) is 0.941. The van der Waals surface area contributed by atoms with Crippen molar-refractivity contribution in [3.63, 3.8) is 0 Å². The van der Waals surface area contributed by atoms with Crippen LogP contribution < -0.4 is 0 Å². The first-order valence-electron chi connectivity index (χ1n) is 4.88. The lowest BCUT2D eigenvalue weighted by molar-refractivity contribution is -0.0617. The average molecular weight is 191 g/mol. The molecule has 0 aliphatic carbocycles. The van der Waals surface area contributed by atoms with Gasteiger partial charge in [0.15, 0.2) is 0 Å². The molecule has 0 amide bonds. The maximum atomic E-state index is 9.60. The van der Waals surface area contributed by atoms with E-state index in [1.165, 1.54) is 0 Å². The Labute approximate surface area is 82.4 Å². The van der Waals surface area contributed by atoms with Crippen molar-refractivity contribution in [2.75, 3.05) is 20.2 Å². The largest absolute Gasteiger partial charge is 0.395 e. The molecule has 82 valence electrons. The number of rotatable bonds is 3. The van der Waals surface area contributed by atoms with Crippen LogP contribution in [0.4, 0.5) is 0 Å². The van der Waals surface area contributed by atoms with Gasteiger partial charge in [0.1, 0.15) is 6.23 Å². The Bertz CT molecular complexity index is 110. The van der Waals surface area contributed by atoms with Gasteiger partial charge in [-0.25, -0.2) is 0 Å². The fraction of sp³-hybridized carbons (Fsp3) is 1.00. The van der Waals surface area contributed by atoms with Gasteiger partial charge in [-0.05, 0) is 7.05 Å². The third-order valence-electron chi connectivity index (χ3n) is 1.64. The maximum Gasteiger partial charge on any atom is 0.112 e. The van der Waals surface area contributed by atoms with Crippen molar-refractivity contribution in [2.45, 2.75) is 40.8 Å². The van der Waals surface area contributed by atoms with E-state index < -0.39 is 6.23 Å². The maximum absolute atomic E-state index is 9.60. The summed E-state index contributed by atoms with van der Waals surface area (Å²) >= 11 is 0. The molecule has 2 N–H and O–H groups in total. The minimum Gasteiger partial charge on any atom is -0.395 e. The van der Waals surface area contributed by atoms with Gasteiger partial charge >= 0.3 is 0 Å². The molecule has 0 radical (unpaired) electrons. The summed E-state index contributed by atoms with van der Waals surface area (Å²) < 4.78 is 0. The van der Waals surface area contributed by atoms with Gasteiger partial charge in [-0.15, -0.1) is 0 Å². The molecule has 1 unspecified atom stereocenters. The van der Waals surface area contributed by atoms with Gasteiger partial charge in [-0.3, -0.25) is 4.90 Å². The van der Waals surface area contributed by atoms with Gasteiger partial charge in [-0.1, -0.05) is 34.6 Å². The van der Waals surface area contributed by atoms with Crippen molar-refractivity contribution in [3.8, 4) is 0 Å². The molecule has 0 fully saturated rings. The van der Waals surface area contributed by atoms with Crippen LogP contribution in [0.3, 0.4) is 0 Å². The Balaban J connectivity index is 0. The summed E-state index contributed by atoms with van der Waals surface area (Å²) in [5.41, 5.74) is -0.149. The molecule has 0 aliphatic rings. The molecular weight excluding hydrogens is 166 g/mol. The summed E-state index contributed by atoms with van der Waals surface area (Å²) in [6.07, 6.45) is -0.491. The Morgan fingerprint density at radius 2 is 1.62 bits per heavy atom. The zero-order valence-electron chi connectivity index (χ0n) is 9.83. The van der Waals surface area contributed by atoms with Crippen LogP contribution in [0.15, 0.2) is 0 Å². The number of aliphatic hydroxyl groups is 2.